The highest BCUT2D eigenvalue weighted by molar-refractivity contribution is 6.26. The number of rotatable bonds is 5. The summed E-state index contributed by atoms with van der Waals surface area (Å²) in [6.07, 6.45) is 5.69. The third-order valence-electron chi connectivity index (χ3n) is 14.6. The molecule has 4 heterocycles. The van der Waals surface area contributed by atoms with E-state index < -0.39 is 76.8 Å². The smallest absolute Gasteiger partial charge is 0.312 e. The van der Waals surface area contributed by atoms with E-state index in [2.05, 4.69) is 10.2 Å². The Morgan fingerprint density at radius 2 is 1.58 bits per heavy atom. The molecule has 372 valence electrons. The normalized spacial score (nSPS) is 28.7. The number of carbonyl (C=O) groups excluding carboxylic acids is 3. The number of carbonyl (C=O) groups is 3. The average Bonchev–Trinajstić information content (AvgIpc) is 3.60. The second-order valence-corrected chi connectivity index (χ2v) is 19.0. The van der Waals surface area contributed by atoms with Gasteiger partial charge in [0.1, 0.15) is 34.3 Å². The molecule has 4 N–H and O–H groups in total. The van der Waals surface area contributed by atoms with Gasteiger partial charge in [-0.3, -0.25) is 19.2 Å². The van der Waals surface area contributed by atoms with Crippen molar-refractivity contribution in [3.05, 3.63) is 69.6 Å². The lowest BCUT2D eigenvalue weighted by atomic mass is 9.76. The van der Waals surface area contributed by atoms with Crippen LogP contribution in [-0.4, -0.2) is 109 Å². The van der Waals surface area contributed by atoms with E-state index in [1.54, 1.807) is 53.0 Å². The van der Waals surface area contributed by atoms with Crippen molar-refractivity contribution in [2.45, 2.75) is 111 Å². The second kappa shape index (κ2) is 20.1. The number of allylic oxidation sites excluding steroid dienone is 3. The standard InChI is InChI=1S/C52H65N3O14/c1-24-14-13-15-25(2)51(62)54-42-46(60)38-37(41-49(42)68-36-23-32(22-35(65-12)40(36)53-41)55-19-16-33(63-10)17-20-55)39-48(30(7)45(38)59)69-52(9,50(39)61)66-21-18-34(64-11)27(4)47(67-31(8)56)29(6)44(58)28(5)43(57)26(24)3/h13-15,18,21-24,26-29,33-34,43-44,47,57-58,60H,16-17,19-20H2,1-12H3,(H,54,62). The van der Waals surface area contributed by atoms with E-state index in [9.17, 15) is 34.5 Å². The summed E-state index contributed by atoms with van der Waals surface area (Å²) in [7, 11) is 4.64. The maximum Gasteiger partial charge on any atom is 0.312 e. The molecule has 1 amide bonds. The van der Waals surface area contributed by atoms with Crippen molar-refractivity contribution in [2.24, 2.45) is 29.6 Å². The van der Waals surface area contributed by atoms with Crippen LogP contribution >= 0.6 is 0 Å². The van der Waals surface area contributed by atoms with E-state index in [0.29, 0.717) is 18.8 Å². The first-order chi connectivity index (χ1) is 32.7. The van der Waals surface area contributed by atoms with E-state index in [4.69, 9.17) is 37.8 Å². The molecule has 10 unspecified atom stereocenters. The number of nitrogens with one attached hydrogen (secondary N) is 1. The predicted molar refractivity (Wildman–Crippen MR) is 260 cm³/mol. The van der Waals surface area contributed by atoms with Gasteiger partial charge in [0.2, 0.25) is 0 Å². The fourth-order valence-electron chi connectivity index (χ4n) is 9.93. The van der Waals surface area contributed by atoms with Crippen LogP contribution < -0.4 is 25.1 Å². The number of methoxy groups -OCH3 is 3. The Balaban J connectivity index is 1.45. The zero-order valence-corrected chi connectivity index (χ0v) is 41.4. The highest BCUT2D eigenvalue weighted by atomic mass is 16.7. The van der Waals surface area contributed by atoms with Crippen LogP contribution in [0, 0.1) is 36.5 Å². The van der Waals surface area contributed by atoms with Gasteiger partial charge in [-0.1, -0.05) is 52.8 Å². The molecule has 7 rings (SSSR count). The van der Waals surface area contributed by atoms with E-state index >= 15 is 0 Å². The van der Waals surface area contributed by atoms with Crippen LogP contribution in [0.4, 0.5) is 11.4 Å². The molecular weight excluding hydrogens is 891 g/mol. The molecule has 10 atom stereocenters. The van der Waals surface area contributed by atoms with Crippen LogP contribution in [0.3, 0.4) is 0 Å². The number of Topliss-reactive ketones (excluding diaryl/α,β-unsaturated/α-hetero) is 1. The van der Waals surface area contributed by atoms with E-state index in [1.165, 1.54) is 47.3 Å². The molecule has 1 fully saturated rings. The number of ketones is 1. The largest absolute Gasteiger partial charge is 0.505 e. The lowest BCUT2D eigenvalue weighted by Gasteiger charge is -2.38. The summed E-state index contributed by atoms with van der Waals surface area (Å²) < 4.78 is 42.2. The van der Waals surface area contributed by atoms with Crippen molar-refractivity contribution < 1.29 is 62.5 Å². The van der Waals surface area contributed by atoms with E-state index in [1.807, 2.05) is 26.0 Å². The molecule has 17 heteroatoms. The molecule has 0 radical (unpaired) electrons. The molecule has 0 saturated carbocycles. The van der Waals surface area contributed by atoms with Gasteiger partial charge in [0.15, 0.2) is 22.3 Å². The third kappa shape index (κ3) is 9.41. The molecule has 1 saturated heterocycles. The summed E-state index contributed by atoms with van der Waals surface area (Å²) in [4.78, 5) is 63.3. The SMILES string of the molecule is COc1cc(N2CCC(OC)CC2)cc2oc3c4c(O)c5c(=O)c(C)c6c(c5c3nc12)C(=O)C(C)(OC=CC(OC)C(C)C(OC(C)=O)C(C)C(O)C(C)C(O)C(C)C(C)C=CC=C(C)C(=O)N4)O6. The Labute approximate surface area is 401 Å². The number of phenols is 1. The van der Waals surface area contributed by atoms with Crippen molar-refractivity contribution in [2.75, 3.05) is 44.6 Å². The molecule has 1 aromatic heterocycles. The number of aliphatic hydroxyl groups is 2. The van der Waals surface area contributed by atoms with Gasteiger partial charge in [0.05, 0.1) is 48.7 Å². The van der Waals surface area contributed by atoms with E-state index in [-0.39, 0.29) is 79.0 Å². The van der Waals surface area contributed by atoms with Gasteiger partial charge in [-0.05, 0) is 44.6 Å². The number of aromatic nitrogens is 1. The molecular formula is C52H65N3O14. The van der Waals surface area contributed by atoms with Gasteiger partial charge in [-0.2, -0.15) is 0 Å². The Morgan fingerprint density at radius 1 is 0.899 bits per heavy atom. The number of piperidine rings is 1. The fourth-order valence-corrected chi connectivity index (χ4v) is 9.93. The minimum Gasteiger partial charge on any atom is -0.505 e. The number of anilines is 2. The molecule has 3 aliphatic rings. The van der Waals surface area contributed by atoms with Crippen molar-refractivity contribution in [1.82, 2.24) is 4.98 Å². The van der Waals surface area contributed by atoms with Gasteiger partial charge in [-0.15, -0.1) is 0 Å². The number of ether oxygens (including phenoxy) is 6. The number of hydrogen-bond donors (Lipinski definition) is 4. The average molecular weight is 956 g/mol. The quantitative estimate of drug-likeness (QED) is 0.0668. The van der Waals surface area contributed by atoms with Crippen LogP contribution in [0.1, 0.15) is 84.2 Å². The second-order valence-electron chi connectivity index (χ2n) is 19.0. The summed E-state index contributed by atoms with van der Waals surface area (Å²) >= 11 is 0. The molecule has 0 aliphatic carbocycles. The number of benzene rings is 3. The monoisotopic (exact) mass is 955 g/mol. The van der Waals surface area contributed by atoms with E-state index in [0.717, 1.165) is 18.5 Å². The number of aromatic hydroxyl groups is 1. The Kier molecular flexibility index (Phi) is 14.8. The number of hydrogen-bond acceptors (Lipinski definition) is 16. The topological polar surface area (TPSA) is 226 Å². The van der Waals surface area contributed by atoms with Crippen LogP contribution in [0.25, 0.3) is 33.0 Å². The maximum absolute atomic E-state index is 14.9. The molecule has 69 heavy (non-hydrogen) atoms. The first kappa shape index (κ1) is 50.9. The van der Waals surface area contributed by atoms with Crippen LogP contribution in [-0.2, 0) is 28.5 Å². The van der Waals surface area contributed by atoms with Crippen molar-refractivity contribution in [1.29, 1.82) is 0 Å². The predicted octanol–water partition coefficient (Wildman–Crippen LogP) is 7.26. The fraction of sp³-hybridized carbons (Fsp3) is 0.519. The van der Waals surface area contributed by atoms with Crippen LogP contribution in [0.15, 0.2) is 57.5 Å². The first-order valence-electron chi connectivity index (χ1n) is 23.4. The van der Waals surface area contributed by atoms with Crippen molar-refractivity contribution in [3.8, 4) is 17.2 Å². The summed E-state index contributed by atoms with van der Waals surface area (Å²) in [6.45, 7) is 16.1. The maximum atomic E-state index is 14.9. The molecule has 3 aromatic carbocycles. The number of amides is 1. The number of aliphatic hydroxyl groups excluding tert-OH is 2. The zero-order valence-electron chi connectivity index (χ0n) is 41.4. The molecule has 4 aromatic rings. The Hall–Kier alpha value is -6.01. The highest BCUT2D eigenvalue weighted by Crippen LogP contribution is 2.49. The number of esters is 1. The molecule has 0 spiro atoms. The van der Waals surface area contributed by atoms with Gasteiger partial charge in [0.25, 0.3) is 11.7 Å². The highest BCUT2D eigenvalue weighted by Gasteiger charge is 2.50. The van der Waals surface area contributed by atoms with Gasteiger partial charge >= 0.3 is 11.8 Å². The minimum absolute atomic E-state index is 0.0169. The summed E-state index contributed by atoms with van der Waals surface area (Å²) in [6, 6.07) is 3.61. The number of nitrogens with zero attached hydrogens (tertiary/aromatic N) is 2. The van der Waals surface area contributed by atoms with Gasteiger partial charge in [0, 0.05) is 93.3 Å². The van der Waals surface area contributed by atoms with Gasteiger partial charge < -0.3 is 58.4 Å². The third-order valence-corrected chi connectivity index (χ3v) is 14.6. The first-order valence-corrected chi connectivity index (χ1v) is 23.4. The Bertz CT molecular complexity index is 2810. The van der Waals surface area contributed by atoms with Crippen LogP contribution in [0.2, 0.25) is 0 Å². The van der Waals surface area contributed by atoms with Gasteiger partial charge in [-0.25, -0.2) is 4.98 Å². The molecule has 3 aliphatic heterocycles. The molecule has 17 nitrogen and oxygen atoms in total. The lowest BCUT2D eigenvalue weighted by Crippen LogP contribution is -2.47. The van der Waals surface area contributed by atoms with Crippen molar-refractivity contribution >= 4 is 62.0 Å². The summed E-state index contributed by atoms with van der Waals surface area (Å²) in [5.74, 6) is -7.04. The number of fused-ring (bicyclic) bond motifs is 2. The number of phenolic OH excluding ortho intramolecular Hbond substituents is 1. The van der Waals surface area contributed by atoms with Crippen molar-refractivity contribution in [3.63, 3.8) is 0 Å². The Morgan fingerprint density at radius 3 is 2.22 bits per heavy atom. The lowest BCUT2D eigenvalue weighted by molar-refractivity contribution is -0.161. The molecule has 4 bridgehead atoms. The summed E-state index contributed by atoms with van der Waals surface area (Å²) in [5.41, 5.74) is 0.163. The van der Waals surface area contributed by atoms with Crippen LogP contribution in [0.5, 0.6) is 17.2 Å². The zero-order chi connectivity index (χ0) is 50.4. The minimum atomic E-state index is -2.07. The summed E-state index contributed by atoms with van der Waals surface area (Å²) in [5, 5.41) is 38.0.